The molecule has 1 aliphatic rings. The van der Waals surface area contributed by atoms with Gasteiger partial charge in [-0.3, -0.25) is 0 Å². The van der Waals surface area contributed by atoms with Crippen molar-refractivity contribution in [2.24, 2.45) is 5.92 Å². The fourth-order valence-corrected chi connectivity index (χ4v) is 1.78. The van der Waals surface area contributed by atoms with E-state index in [2.05, 4.69) is 0 Å². The van der Waals surface area contributed by atoms with E-state index in [0.717, 1.165) is 24.0 Å². The zero-order valence-electron chi connectivity index (χ0n) is 9.63. The van der Waals surface area contributed by atoms with Crippen LogP contribution in [-0.2, 0) is 4.79 Å². The Labute approximate surface area is 101 Å². The molecule has 90 valence electrons. The molecule has 0 radical (unpaired) electrons. The summed E-state index contributed by atoms with van der Waals surface area (Å²) in [6.07, 6.45) is 6.48. The highest BCUT2D eigenvalue weighted by Gasteiger charge is 2.18. The van der Waals surface area contributed by atoms with Gasteiger partial charge in [0.1, 0.15) is 5.75 Å². The predicted molar refractivity (Wildman–Crippen MR) is 65.9 cm³/mol. The molecule has 0 unspecified atom stereocenters. The van der Waals surface area contributed by atoms with Crippen molar-refractivity contribution in [2.45, 2.75) is 19.3 Å². The maximum absolute atomic E-state index is 10.5. The van der Waals surface area contributed by atoms with Crippen molar-refractivity contribution in [2.75, 3.05) is 6.61 Å². The first-order chi connectivity index (χ1) is 8.25. The van der Waals surface area contributed by atoms with Gasteiger partial charge in [0.15, 0.2) is 0 Å². The van der Waals surface area contributed by atoms with Gasteiger partial charge >= 0.3 is 5.97 Å². The van der Waals surface area contributed by atoms with E-state index in [1.807, 2.05) is 24.3 Å². The number of carboxylic acids is 1. The lowest BCUT2D eigenvalue weighted by atomic mass is 9.86. The first kappa shape index (κ1) is 11.7. The van der Waals surface area contributed by atoms with Gasteiger partial charge in [-0.25, -0.2) is 4.79 Å². The summed E-state index contributed by atoms with van der Waals surface area (Å²) >= 11 is 0. The summed E-state index contributed by atoms with van der Waals surface area (Å²) in [4.78, 5) is 10.5. The van der Waals surface area contributed by atoms with Crippen molar-refractivity contribution in [3.63, 3.8) is 0 Å². The van der Waals surface area contributed by atoms with E-state index in [1.54, 1.807) is 6.08 Å². The summed E-state index contributed by atoms with van der Waals surface area (Å²) in [6, 6.07) is 7.50. The van der Waals surface area contributed by atoms with Gasteiger partial charge in [-0.2, -0.15) is 0 Å². The molecule has 1 fully saturated rings. The van der Waals surface area contributed by atoms with Crippen molar-refractivity contribution in [3.05, 3.63) is 35.9 Å². The number of carboxylic acid groups (broad SMARTS) is 1. The Hall–Kier alpha value is -1.77. The molecule has 2 rings (SSSR count). The topological polar surface area (TPSA) is 46.5 Å². The molecule has 0 aromatic heterocycles. The Morgan fingerprint density at radius 3 is 2.82 bits per heavy atom. The molecule has 1 saturated carbocycles. The minimum atomic E-state index is -0.946. The summed E-state index contributed by atoms with van der Waals surface area (Å²) < 4.78 is 5.73. The highest BCUT2D eigenvalue weighted by molar-refractivity contribution is 5.85. The molecule has 1 aliphatic carbocycles. The molecular weight excluding hydrogens is 216 g/mol. The lowest BCUT2D eigenvalue weighted by Crippen LogP contribution is -2.19. The summed E-state index contributed by atoms with van der Waals surface area (Å²) in [6.45, 7) is 0.734. The maximum atomic E-state index is 10.5. The van der Waals surface area contributed by atoms with E-state index < -0.39 is 5.97 Å². The van der Waals surface area contributed by atoms with Crippen LogP contribution >= 0.6 is 0 Å². The van der Waals surface area contributed by atoms with E-state index in [1.165, 1.54) is 19.3 Å². The molecule has 3 heteroatoms. The standard InChI is InChI=1S/C14H16O3/c15-14(16)9-8-12-6-1-2-7-13(12)17-10-11-4-3-5-11/h1-2,6-9,11H,3-5,10H2,(H,15,16). The van der Waals surface area contributed by atoms with E-state index in [-0.39, 0.29) is 0 Å². The Kier molecular flexibility index (Phi) is 3.81. The van der Waals surface area contributed by atoms with Crippen LogP contribution in [0.15, 0.2) is 30.3 Å². The third-order valence-corrected chi connectivity index (χ3v) is 3.02. The van der Waals surface area contributed by atoms with Crippen LogP contribution in [0.4, 0.5) is 0 Å². The largest absolute Gasteiger partial charge is 0.493 e. The van der Waals surface area contributed by atoms with Crippen LogP contribution in [0.2, 0.25) is 0 Å². The number of benzene rings is 1. The van der Waals surface area contributed by atoms with Crippen LogP contribution in [0.25, 0.3) is 6.08 Å². The van der Waals surface area contributed by atoms with Gasteiger partial charge < -0.3 is 9.84 Å². The van der Waals surface area contributed by atoms with Gasteiger partial charge in [-0.1, -0.05) is 24.6 Å². The summed E-state index contributed by atoms with van der Waals surface area (Å²) in [5.41, 5.74) is 0.814. The normalized spacial score (nSPS) is 15.8. The second-order valence-corrected chi connectivity index (χ2v) is 4.32. The Morgan fingerprint density at radius 2 is 2.18 bits per heavy atom. The molecule has 0 aliphatic heterocycles. The van der Waals surface area contributed by atoms with Gasteiger partial charge in [-0.05, 0) is 30.9 Å². The minimum absolute atomic E-state index is 0.673. The lowest BCUT2D eigenvalue weighted by molar-refractivity contribution is -0.131. The van der Waals surface area contributed by atoms with E-state index in [0.29, 0.717) is 5.92 Å². The predicted octanol–water partition coefficient (Wildman–Crippen LogP) is 2.96. The average molecular weight is 232 g/mol. The smallest absolute Gasteiger partial charge is 0.328 e. The molecule has 0 heterocycles. The van der Waals surface area contributed by atoms with Crippen LogP contribution < -0.4 is 4.74 Å². The SMILES string of the molecule is O=C(O)C=Cc1ccccc1OCC1CCC1. The first-order valence-corrected chi connectivity index (χ1v) is 5.88. The third kappa shape index (κ3) is 3.34. The molecule has 0 atom stereocenters. The van der Waals surface area contributed by atoms with Crippen molar-refractivity contribution in [1.29, 1.82) is 0 Å². The van der Waals surface area contributed by atoms with Gasteiger partial charge in [0.25, 0.3) is 0 Å². The van der Waals surface area contributed by atoms with Crippen LogP contribution in [-0.4, -0.2) is 17.7 Å². The van der Waals surface area contributed by atoms with E-state index in [9.17, 15) is 4.79 Å². The van der Waals surface area contributed by atoms with E-state index in [4.69, 9.17) is 9.84 Å². The van der Waals surface area contributed by atoms with Crippen LogP contribution in [0, 0.1) is 5.92 Å². The fourth-order valence-electron chi connectivity index (χ4n) is 1.78. The second-order valence-electron chi connectivity index (χ2n) is 4.32. The highest BCUT2D eigenvalue weighted by Crippen LogP contribution is 2.28. The van der Waals surface area contributed by atoms with Crippen LogP contribution in [0.3, 0.4) is 0 Å². The number of hydrogen-bond acceptors (Lipinski definition) is 2. The van der Waals surface area contributed by atoms with Crippen molar-refractivity contribution < 1.29 is 14.6 Å². The molecule has 1 aromatic carbocycles. The average Bonchev–Trinajstić information content (AvgIpc) is 2.25. The molecule has 0 bridgehead atoms. The molecule has 17 heavy (non-hydrogen) atoms. The lowest BCUT2D eigenvalue weighted by Gasteiger charge is -2.25. The van der Waals surface area contributed by atoms with Gasteiger partial charge in [0.2, 0.25) is 0 Å². The van der Waals surface area contributed by atoms with Crippen LogP contribution in [0.5, 0.6) is 5.75 Å². The number of rotatable bonds is 5. The third-order valence-electron chi connectivity index (χ3n) is 3.02. The molecule has 0 saturated heterocycles. The second kappa shape index (κ2) is 5.53. The molecular formula is C14H16O3. The van der Waals surface area contributed by atoms with Crippen molar-refractivity contribution >= 4 is 12.0 Å². The number of ether oxygens (including phenoxy) is 1. The maximum Gasteiger partial charge on any atom is 0.328 e. The Bertz CT molecular complexity index is 419. The zero-order chi connectivity index (χ0) is 12.1. The molecule has 1 aromatic rings. The fraction of sp³-hybridized carbons (Fsp3) is 0.357. The minimum Gasteiger partial charge on any atom is -0.493 e. The first-order valence-electron chi connectivity index (χ1n) is 5.88. The van der Waals surface area contributed by atoms with Gasteiger partial charge in [0, 0.05) is 11.6 Å². The van der Waals surface area contributed by atoms with Crippen molar-refractivity contribution in [3.8, 4) is 5.75 Å². The van der Waals surface area contributed by atoms with Gasteiger partial charge in [-0.15, -0.1) is 0 Å². The quantitative estimate of drug-likeness (QED) is 0.794. The number of para-hydroxylation sites is 1. The van der Waals surface area contributed by atoms with Gasteiger partial charge in [0.05, 0.1) is 6.61 Å². The monoisotopic (exact) mass is 232 g/mol. The highest BCUT2D eigenvalue weighted by atomic mass is 16.5. The summed E-state index contributed by atoms with van der Waals surface area (Å²) in [5.74, 6) is 0.488. The summed E-state index contributed by atoms with van der Waals surface area (Å²) in [5, 5.41) is 8.60. The van der Waals surface area contributed by atoms with E-state index >= 15 is 0 Å². The number of carbonyl (C=O) groups is 1. The molecule has 1 N–H and O–H groups in total. The summed E-state index contributed by atoms with van der Waals surface area (Å²) in [7, 11) is 0. The molecule has 0 amide bonds. The number of aliphatic carboxylic acids is 1. The zero-order valence-corrected chi connectivity index (χ0v) is 9.63. The number of hydrogen-bond donors (Lipinski definition) is 1. The van der Waals surface area contributed by atoms with Crippen molar-refractivity contribution in [1.82, 2.24) is 0 Å². The van der Waals surface area contributed by atoms with Crippen LogP contribution in [0.1, 0.15) is 24.8 Å². The molecule has 0 spiro atoms. The Balaban J connectivity index is 2.01. The molecule has 3 nitrogen and oxygen atoms in total. The Morgan fingerprint density at radius 1 is 1.41 bits per heavy atom.